The van der Waals surface area contributed by atoms with E-state index in [1.807, 2.05) is 35.2 Å². The third-order valence-corrected chi connectivity index (χ3v) is 5.72. The number of rotatable bonds is 4. The van der Waals surface area contributed by atoms with Crippen molar-refractivity contribution in [3.63, 3.8) is 0 Å². The van der Waals surface area contributed by atoms with Gasteiger partial charge in [-0.25, -0.2) is 4.98 Å². The summed E-state index contributed by atoms with van der Waals surface area (Å²) in [6, 6.07) is 16.7. The molecule has 4 nitrogen and oxygen atoms in total. The Morgan fingerprint density at radius 2 is 1.96 bits per heavy atom. The SMILES string of the molecule is CSc1cccc(N2C[C@H](c3nc4ccccc4n3C(C)C)CC2=O)c1. The highest BCUT2D eigenvalue weighted by Crippen LogP contribution is 2.35. The summed E-state index contributed by atoms with van der Waals surface area (Å²) in [6.45, 7) is 5.04. The molecular weight excluding hydrogens is 342 g/mol. The third-order valence-electron chi connectivity index (χ3n) is 4.99. The van der Waals surface area contributed by atoms with E-state index < -0.39 is 0 Å². The van der Waals surface area contributed by atoms with Gasteiger partial charge in [0.25, 0.3) is 0 Å². The molecular formula is C21H23N3OS. The lowest BCUT2D eigenvalue weighted by Gasteiger charge is -2.19. The van der Waals surface area contributed by atoms with E-state index in [9.17, 15) is 4.79 Å². The van der Waals surface area contributed by atoms with E-state index in [4.69, 9.17) is 4.98 Å². The molecule has 0 saturated carbocycles. The van der Waals surface area contributed by atoms with Gasteiger partial charge in [-0.05, 0) is 50.4 Å². The Kier molecular flexibility index (Phi) is 4.49. The fraction of sp³-hybridized carbons (Fsp3) is 0.333. The van der Waals surface area contributed by atoms with Crippen LogP contribution in [0.25, 0.3) is 11.0 Å². The largest absolute Gasteiger partial charge is 0.325 e. The van der Waals surface area contributed by atoms with Gasteiger partial charge in [0, 0.05) is 35.5 Å². The summed E-state index contributed by atoms with van der Waals surface area (Å²) in [5.74, 6) is 1.32. The Balaban J connectivity index is 1.71. The maximum absolute atomic E-state index is 12.7. The fourth-order valence-corrected chi connectivity index (χ4v) is 4.26. The molecule has 4 rings (SSSR count). The molecule has 1 fully saturated rings. The number of anilines is 1. The van der Waals surface area contributed by atoms with Crippen LogP contribution >= 0.6 is 11.8 Å². The lowest BCUT2D eigenvalue weighted by molar-refractivity contribution is -0.117. The number of carbonyl (C=O) groups excluding carboxylic acids is 1. The highest BCUT2D eigenvalue weighted by atomic mass is 32.2. The average molecular weight is 366 g/mol. The molecule has 1 atom stereocenters. The molecule has 1 saturated heterocycles. The second-order valence-corrected chi connectivity index (χ2v) is 7.91. The molecule has 134 valence electrons. The minimum atomic E-state index is 0.121. The number of thioether (sulfide) groups is 1. The zero-order valence-corrected chi connectivity index (χ0v) is 16.2. The van der Waals surface area contributed by atoms with E-state index in [0.29, 0.717) is 19.0 Å². The Bertz CT molecular complexity index is 963. The smallest absolute Gasteiger partial charge is 0.227 e. The number of benzene rings is 2. The van der Waals surface area contributed by atoms with Gasteiger partial charge in [0.1, 0.15) is 5.82 Å². The summed E-state index contributed by atoms with van der Waals surface area (Å²) < 4.78 is 2.29. The topological polar surface area (TPSA) is 38.1 Å². The van der Waals surface area contributed by atoms with Crippen LogP contribution < -0.4 is 4.90 Å². The number of hydrogen-bond donors (Lipinski definition) is 0. The zero-order valence-electron chi connectivity index (χ0n) is 15.3. The lowest BCUT2D eigenvalue weighted by atomic mass is 10.1. The molecule has 0 N–H and O–H groups in total. The first-order valence-electron chi connectivity index (χ1n) is 8.99. The van der Waals surface area contributed by atoms with Gasteiger partial charge >= 0.3 is 0 Å². The molecule has 1 aromatic heterocycles. The van der Waals surface area contributed by atoms with E-state index in [0.717, 1.165) is 22.5 Å². The minimum Gasteiger partial charge on any atom is -0.325 e. The molecule has 0 bridgehead atoms. The van der Waals surface area contributed by atoms with Crippen LogP contribution in [-0.2, 0) is 4.79 Å². The second-order valence-electron chi connectivity index (χ2n) is 7.03. The maximum atomic E-state index is 12.7. The van der Waals surface area contributed by atoms with Crippen molar-refractivity contribution in [2.45, 2.75) is 37.1 Å². The Labute approximate surface area is 158 Å². The van der Waals surface area contributed by atoms with Gasteiger partial charge in [0.05, 0.1) is 11.0 Å². The summed E-state index contributed by atoms with van der Waals surface area (Å²) in [5, 5.41) is 0. The van der Waals surface area contributed by atoms with Crippen molar-refractivity contribution in [1.82, 2.24) is 9.55 Å². The van der Waals surface area contributed by atoms with E-state index in [1.54, 1.807) is 11.8 Å². The van der Waals surface area contributed by atoms with Crippen molar-refractivity contribution < 1.29 is 4.79 Å². The van der Waals surface area contributed by atoms with Gasteiger partial charge in [0.15, 0.2) is 0 Å². The van der Waals surface area contributed by atoms with Gasteiger partial charge in [-0.15, -0.1) is 11.8 Å². The van der Waals surface area contributed by atoms with Gasteiger partial charge in [-0.1, -0.05) is 18.2 Å². The number of fused-ring (bicyclic) bond motifs is 1. The van der Waals surface area contributed by atoms with E-state index in [1.165, 1.54) is 4.90 Å². The molecule has 1 amide bonds. The second kappa shape index (κ2) is 6.80. The molecule has 1 aliphatic rings. The molecule has 0 aliphatic carbocycles. The number of nitrogens with zero attached hydrogens (tertiary/aromatic N) is 3. The molecule has 1 aliphatic heterocycles. The normalized spacial score (nSPS) is 17.6. The molecule has 0 spiro atoms. The number of hydrogen-bond acceptors (Lipinski definition) is 3. The number of carbonyl (C=O) groups is 1. The Morgan fingerprint density at radius 1 is 1.15 bits per heavy atom. The van der Waals surface area contributed by atoms with Crippen LogP contribution in [0, 0.1) is 0 Å². The molecule has 2 aromatic carbocycles. The van der Waals surface area contributed by atoms with Gasteiger partial charge in [-0.2, -0.15) is 0 Å². The Morgan fingerprint density at radius 3 is 2.73 bits per heavy atom. The number of aromatic nitrogens is 2. The van der Waals surface area contributed by atoms with E-state index >= 15 is 0 Å². The molecule has 26 heavy (non-hydrogen) atoms. The lowest BCUT2D eigenvalue weighted by Crippen LogP contribution is -2.24. The first kappa shape index (κ1) is 17.2. The third kappa shape index (κ3) is 2.90. The van der Waals surface area contributed by atoms with Crippen molar-refractivity contribution >= 4 is 34.4 Å². The van der Waals surface area contributed by atoms with Gasteiger partial charge in [-0.3, -0.25) is 4.79 Å². The van der Waals surface area contributed by atoms with Crippen molar-refractivity contribution in [3.05, 3.63) is 54.4 Å². The highest BCUT2D eigenvalue weighted by Gasteiger charge is 2.35. The summed E-state index contributed by atoms with van der Waals surface area (Å²) in [5.41, 5.74) is 3.14. The number of amides is 1. The first-order valence-corrected chi connectivity index (χ1v) is 10.2. The summed E-state index contributed by atoms with van der Waals surface area (Å²) >= 11 is 1.70. The molecule has 5 heteroatoms. The fourth-order valence-electron chi connectivity index (χ4n) is 3.80. The minimum absolute atomic E-state index is 0.121. The standard InChI is InChI=1S/C21H23N3OS/c1-14(2)24-19-10-5-4-9-18(19)22-21(24)15-11-20(25)23(13-15)16-7-6-8-17(12-16)26-3/h4-10,12,14-15H,11,13H2,1-3H3/t15-/m1/s1. The van der Waals surface area contributed by atoms with E-state index in [2.05, 4.69) is 42.9 Å². The van der Waals surface area contributed by atoms with Crippen molar-refractivity contribution in [3.8, 4) is 0 Å². The highest BCUT2D eigenvalue weighted by molar-refractivity contribution is 7.98. The van der Waals surface area contributed by atoms with E-state index in [-0.39, 0.29) is 11.8 Å². The van der Waals surface area contributed by atoms with Crippen molar-refractivity contribution in [2.24, 2.45) is 0 Å². The summed E-state index contributed by atoms with van der Waals surface area (Å²) in [7, 11) is 0. The molecule has 2 heterocycles. The zero-order chi connectivity index (χ0) is 18.3. The van der Waals surface area contributed by atoms with Crippen LogP contribution in [0.3, 0.4) is 0 Å². The summed E-state index contributed by atoms with van der Waals surface area (Å²) in [6.07, 6.45) is 2.57. The van der Waals surface area contributed by atoms with Crippen LogP contribution in [0.15, 0.2) is 53.4 Å². The monoisotopic (exact) mass is 365 g/mol. The van der Waals surface area contributed by atoms with Crippen LogP contribution in [0.2, 0.25) is 0 Å². The molecule has 0 unspecified atom stereocenters. The Hall–Kier alpha value is -2.27. The number of para-hydroxylation sites is 2. The van der Waals surface area contributed by atoms with Gasteiger partial charge in [0.2, 0.25) is 5.91 Å². The maximum Gasteiger partial charge on any atom is 0.227 e. The average Bonchev–Trinajstić information content (AvgIpc) is 3.22. The predicted octanol–water partition coefficient (Wildman–Crippen LogP) is 4.86. The summed E-state index contributed by atoms with van der Waals surface area (Å²) in [4.78, 5) is 20.7. The van der Waals surface area contributed by atoms with Crippen LogP contribution in [0.1, 0.15) is 38.1 Å². The predicted molar refractivity (Wildman–Crippen MR) is 108 cm³/mol. The molecule has 3 aromatic rings. The molecule has 0 radical (unpaired) electrons. The van der Waals surface area contributed by atoms with Crippen LogP contribution in [-0.4, -0.2) is 28.3 Å². The van der Waals surface area contributed by atoms with Crippen LogP contribution in [0.5, 0.6) is 0 Å². The first-order chi connectivity index (χ1) is 12.6. The number of imidazole rings is 1. The van der Waals surface area contributed by atoms with Crippen molar-refractivity contribution in [1.29, 1.82) is 0 Å². The van der Waals surface area contributed by atoms with Crippen molar-refractivity contribution in [2.75, 3.05) is 17.7 Å². The van der Waals surface area contributed by atoms with Crippen LogP contribution in [0.4, 0.5) is 5.69 Å². The quantitative estimate of drug-likeness (QED) is 0.620. The van der Waals surface area contributed by atoms with Gasteiger partial charge < -0.3 is 9.47 Å².